The van der Waals surface area contributed by atoms with Crippen molar-refractivity contribution in [2.45, 2.75) is 36.9 Å². The lowest BCUT2D eigenvalue weighted by Crippen LogP contribution is -2.39. The Morgan fingerprint density at radius 2 is 1.85 bits per heavy atom. The summed E-state index contributed by atoms with van der Waals surface area (Å²) in [7, 11) is -4.50. The van der Waals surface area contributed by atoms with Crippen LogP contribution in [-0.4, -0.2) is 31.6 Å². The molecule has 0 bridgehead atoms. The Hall–Kier alpha value is -3.67. The van der Waals surface area contributed by atoms with Crippen LogP contribution in [0.1, 0.15) is 30.0 Å². The van der Waals surface area contributed by atoms with Crippen LogP contribution in [0.2, 0.25) is 0 Å². The van der Waals surface area contributed by atoms with Gasteiger partial charge in [0.25, 0.3) is 10.0 Å². The smallest absolute Gasteiger partial charge is 0.404 e. The van der Waals surface area contributed by atoms with E-state index in [4.69, 9.17) is 0 Å². The van der Waals surface area contributed by atoms with E-state index in [1.165, 1.54) is 24.3 Å². The predicted octanol–water partition coefficient (Wildman–Crippen LogP) is 3.76. The number of amides is 2. The summed E-state index contributed by atoms with van der Waals surface area (Å²) in [6.45, 7) is 1.69. The first-order chi connectivity index (χ1) is 15.9. The van der Waals surface area contributed by atoms with Crippen molar-refractivity contribution < 1.29 is 35.9 Å². The van der Waals surface area contributed by atoms with E-state index in [0.29, 0.717) is 22.2 Å². The van der Waals surface area contributed by atoms with Crippen molar-refractivity contribution in [3.63, 3.8) is 0 Å². The van der Waals surface area contributed by atoms with Crippen LogP contribution in [0.25, 0.3) is 10.9 Å². The molecule has 0 aliphatic carbocycles. The third-order valence-corrected chi connectivity index (χ3v) is 6.72. The highest BCUT2D eigenvalue weighted by atomic mass is 32.2. The highest BCUT2D eigenvalue weighted by Crippen LogP contribution is 2.34. The summed E-state index contributed by atoms with van der Waals surface area (Å²) in [6, 6.07) is 10.6. The Morgan fingerprint density at radius 3 is 2.56 bits per heavy atom. The molecule has 178 valence electrons. The maximum atomic E-state index is 13.0. The van der Waals surface area contributed by atoms with E-state index in [0.717, 1.165) is 12.1 Å². The zero-order valence-corrected chi connectivity index (χ0v) is 18.5. The molecule has 1 aliphatic heterocycles. The third-order valence-electron chi connectivity index (χ3n) is 5.31. The maximum Gasteiger partial charge on any atom is 0.573 e. The zero-order chi connectivity index (χ0) is 24.7. The van der Waals surface area contributed by atoms with Gasteiger partial charge in [-0.05, 0) is 49.2 Å². The van der Waals surface area contributed by atoms with Gasteiger partial charge in [-0.1, -0.05) is 18.2 Å². The van der Waals surface area contributed by atoms with E-state index >= 15 is 0 Å². The number of aryl methyl sites for hydroxylation is 1. The summed E-state index contributed by atoms with van der Waals surface area (Å²) in [4.78, 5) is 27.6. The van der Waals surface area contributed by atoms with Crippen molar-refractivity contribution in [3.8, 4) is 5.75 Å². The van der Waals surface area contributed by atoms with Gasteiger partial charge in [0.15, 0.2) is 0 Å². The fraction of sp³-hybridized carbons (Fsp3) is 0.227. The Bertz CT molecular complexity index is 1410. The second kappa shape index (κ2) is 8.60. The molecule has 2 heterocycles. The summed E-state index contributed by atoms with van der Waals surface area (Å²) in [6.07, 6.45) is -4.66. The molecule has 2 amide bonds. The van der Waals surface area contributed by atoms with Gasteiger partial charge in [-0.25, -0.2) is 8.42 Å². The number of piperidine rings is 1. The first-order valence-corrected chi connectivity index (χ1v) is 11.5. The topological polar surface area (TPSA) is 114 Å². The first kappa shape index (κ1) is 23.5. The molecule has 2 aromatic carbocycles. The van der Waals surface area contributed by atoms with Crippen molar-refractivity contribution in [2.24, 2.45) is 0 Å². The summed E-state index contributed by atoms with van der Waals surface area (Å²) in [5.41, 5.74) is 1.52. The van der Waals surface area contributed by atoms with Gasteiger partial charge in [-0.3, -0.25) is 24.6 Å². The number of hydrogen-bond donors (Lipinski definition) is 2. The Balaban J connectivity index is 1.76. The maximum absolute atomic E-state index is 13.0. The first-order valence-electron chi connectivity index (χ1n) is 10.1. The molecular formula is C22H18F3N3O5S. The van der Waals surface area contributed by atoms with E-state index < -0.39 is 38.9 Å². The van der Waals surface area contributed by atoms with Crippen LogP contribution in [0, 0.1) is 6.92 Å². The van der Waals surface area contributed by atoms with Gasteiger partial charge in [0.1, 0.15) is 10.6 Å². The second-order valence-corrected chi connectivity index (χ2v) is 9.29. The average Bonchev–Trinajstić information content (AvgIpc) is 2.73. The number of ether oxygens (including phenoxy) is 1. The zero-order valence-electron chi connectivity index (χ0n) is 17.6. The van der Waals surface area contributed by atoms with E-state index in [2.05, 4.69) is 19.8 Å². The summed E-state index contributed by atoms with van der Waals surface area (Å²) < 4.78 is 70.5. The van der Waals surface area contributed by atoms with Crippen LogP contribution in [0.5, 0.6) is 5.75 Å². The Kier molecular flexibility index (Phi) is 5.94. The fourth-order valence-electron chi connectivity index (χ4n) is 3.82. The largest absolute Gasteiger partial charge is 0.573 e. The van der Waals surface area contributed by atoms with Crippen LogP contribution < -0.4 is 14.8 Å². The van der Waals surface area contributed by atoms with Crippen molar-refractivity contribution in [2.75, 3.05) is 4.72 Å². The monoisotopic (exact) mass is 493 g/mol. The summed E-state index contributed by atoms with van der Waals surface area (Å²) >= 11 is 0. The predicted molar refractivity (Wildman–Crippen MR) is 116 cm³/mol. The van der Waals surface area contributed by atoms with Crippen molar-refractivity contribution in [1.29, 1.82) is 0 Å². The highest BCUT2D eigenvalue weighted by molar-refractivity contribution is 7.92. The lowest BCUT2D eigenvalue weighted by Gasteiger charge is -2.23. The number of pyridine rings is 1. The van der Waals surface area contributed by atoms with Crippen LogP contribution >= 0.6 is 0 Å². The Morgan fingerprint density at radius 1 is 1.12 bits per heavy atom. The molecule has 4 rings (SSSR count). The van der Waals surface area contributed by atoms with E-state index in [9.17, 15) is 31.2 Å². The molecule has 1 unspecified atom stereocenters. The summed E-state index contributed by atoms with van der Waals surface area (Å²) in [5, 5.41) is 2.62. The van der Waals surface area contributed by atoms with Gasteiger partial charge in [0.2, 0.25) is 11.8 Å². The fourth-order valence-corrected chi connectivity index (χ4v) is 5.03. The molecule has 2 N–H and O–H groups in total. The lowest BCUT2D eigenvalue weighted by atomic mass is 9.88. The molecular weight excluding hydrogens is 475 g/mol. The van der Waals surface area contributed by atoms with E-state index in [-0.39, 0.29) is 24.4 Å². The molecule has 1 aromatic heterocycles. The number of carbonyl (C=O) groups excluding carboxylic acids is 2. The number of sulfonamides is 1. The minimum Gasteiger partial charge on any atom is -0.404 e. The minimum atomic E-state index is -5.08. The molecule has 1 fully saturated rings. The van der Waals surface area contributed by atoms with Crippen molar-refractivity contribution >= 4 is 38.4 Å². The van der Waals surface area contributed by atoms with Crippen molar-refractivity contribution in [1.82, 2.24) is 10.3 Å². The average molecular weight is 493 g/mol. The number of alkyl halides is 3. The molecule has 0 spiro atoms. The number of nitrogens with one attached hydrogen (secondary N) is 2. The minimum absolute atomic E-state index is 0.0559. The van der Waals surface area contributed by atoms with Gasteiger partial charge in [0.05, 0.1) is 17.1 Å². The highest BCUT2D eigenvalue weighted by Gasteiger charge is 2.34. The number of rotatable bonds is 5. The lowest BCUT2D eigenvalue weighted by molar-refractivity contribution is -0.275. The molecule has 8 nitrogen and oxygen atoms in total. The van der Waals surface area contributed by atoms with Crippen molar-refractivity contribution in [3.05, 3.63) is 59.8 Å². The van der Waals surface area contributed by atoms with Gasteiger partial charge in [0, 0.05) is 17.5 Å². The molecule has 0 radical (unpaired) electrons. The molecule has 34 heavy (non-hydrogen) atoms. The third kappa shape index (κ3) is 4.81. The number of carbonyl (C=O) groups is 2. The molecule has 1 atom stereocenters. The van der Waals surface area contributed by atoms with Gasteiger partial charge in [-0.2, -0.15) is 0 Å². The SMILES string of the molecule is Cc1nc2cccc(NS(=O)(=O)c3ccccc3OC(F)(F)F)c2cc1C1CCC(=O)NC1=O. The van der Waals surface area contributed by atoms with Crippen LogP contribution in [0.15, 0.2) is 53.4 Å². The number of fused-ring (bicyclic) bond motifs is 1. The number of para-hydroxylation sites is 1. The molecule has 12 heteroatoms. The number of imide groups is 1. The number of benzene rings is 2. The quantitative estimate of drug-likeness (QED) is 0.523. The standard InChI is InChI=1S/C22H18F3N3O5S/c1-12-14(13-9-10-20(29)27-21(13)30)11-15-16(26-12)5-4-6-17(15)28-34(31,32)19-8-3-2-7-18(19)33-22(23,24)25/h2-8,11,13,28H,9-10H2,1H3,(H,27,29,30). The molecule has 1 saturated heterocycles. The number of hydrogen-bond acceptors (Lipinski definition) is 6. The number of halogens is 3. The number of anilines is 1. The summed E-state index contributed by atoms with van der Waals surface area (Å²) in [5.74, 6) is -2.38. The molecule has 1 aliphatic rings. The normalized spacial score (nSPS) is 16.9. The van der Waals surface area contributed by atoms with Gasteiger partial charge < -0.3 is 4.74 Å². The van der Waals surface area contributed by atoms with Gasteiger partial charge in [-0.15, -0.1) is 13.2 Å². The molecule has 0 saturated carbocycles. The van der Waals surface area contributed by atoms with E-state index in [1.54, 1.807) is 19.1 Å². The number of nitrogens with zero attached hydrogens (tertiary/aromatic N) is 1. The molecule has 3 aromatic rings. The van der Waals surface area contributed by atoms with Crippen LogP contribution in [-0.2, 0) is 19.6 Å². The Labute approximate surface area is 192 Å². The van der Waals surface area contributed by atoms with Gasteiger partial charge >= 0.3 is 6.36 Å². The van der Waals surface area contributed by atoms with E-state index in [1.807, 2.05) is 0 Å². The van der Waals surface area contributed by atoms with Crippen LogP contribution in [0.4, 0.5) is 18.9 Å². The van der Waals surface area contributed by atoms with Crippen LogP contribution in [0.3, 0.4) is 0 Å². The second-order valence-electron chi connectivity index (χ2n) is 7.64. The number of aromatic nitrogens is 1.